The van der Waals surface area contributed by atoms with Gasteiger partial charge in [-0.25, -0.2) is 4.68 Å². The molecule has 2 atom stereocenters. The Morgan fingerprint density at radius 3 is 2.65 bits per heavy atom. The number of hydrogen-bond acceptors (Lipinski definition) is 6. The minimum absolute atomic E-state index is 0.0614. The Labute approximate surface area is 224 Å². The smallest absolute Gasteiger partial charge is 0.250 e. The van der Waals surface area contributed by atoms with Gasteiger partial charge in [-0.15, -0.1) is 10.2 Å². The molecule has 1 aromatic carbocycles. The Balaban J connectivity index is 1.60. The summed E-state index contributed by atoms with van der Waals surface area (Å²) in [4.78, 5) is 18.7. The lowest BCUT2D eigenvalue weighted by atomic mass is 9.96. The number of rotatable bonds is 7. The first-order valence-electron chi connectivity index (χ1n) is 11.5. The van der Waals surface area contributed by atoms with Crippen LogP contribution in [0.2, 0.25) is 5.02 Å². The lowest BCUT2D eigenvalue weighted by Gasteiger charge is -2.28. The summed E-state index contributed by atoms with van der Waals surface area (Å²) in [5, 5.41) is 15.1. The maximum Gasteiger partial charge on any atom is 0.250 e. The second-order valence-corrected chi connectivity index (χ2v) is 9.42. The molecule has 0 saturated carbocycles. The monoisotopic (exact) mass is 536 g/mol. The fourth-order valence-electron chi connectivity index (χ4n) is 4.75. The van der Waals surface area contributed by atoms with E-state index in [4.69, 9.17) is 28.6 Å². The van der Waals surface area contributed by atoms with Crippen molar-refractivity contribution in [3.8, 4) is 0 Å². The van der Waals surface area contributed by atoms with Crippen LogP contribution in [-0.2, 0) is 9.53 Å². The number of nitrogens with one attached hydrogen (secondary N) is 2. The van der Waals surface area contributed by atoms with Gasteiger partial charge in [0.05, 0.1) is 28.5 Å². The van der Waals surface area contributed by atoms with Crippen LogP contribution < -0.4 is 15.5 Å². The molecule has 1 amide bonds. The van der Waals surface area contributed by atoms with Gasteiger partial charge in [0.15, 0.2) is 5.11 Å². The number of pyridine rings is 1. The van der Waals surface area contributed by atoms with Crippen molar-refractivity contribution in [2.75, 3.05) is 23.9 Å². The lowest BCUT2D eigenvalue weighted by Crippen LogP contribution is -2.29. The lowest BCUT2D eigenvalue weighted by molar-refractivity contribution is -0.119. The summed E-state index contributed by atoms with van der Waals surface area (Å²) in [7, 11) is 1.46. The van der Waals surface area contributed by atoms with E-state index in [0.717, 1.165) is 28.3 Å². The summed E-state index contributed by atoms with van der Waals surface area (Å²) in [6.07, 6.45) is 5.09. The molecule has 3 aromatic heterocycles. The number of hydrogen-bond donors (Lipinski definition) is 2. The molecule has 0 radical (unpaired) electrons. The van der Waals surface area contributed by atoms with E-state index >= 15 is 0 Å². The maximum atomic E-state index is 12.0. The molecule has 190 valence electrons. The first-order valence-corrected chi connectivity index (χ1v) is 12.3. The third kappa shape index (κ3) is 4.68. The molecule has 12 heteroatoms. The highest BCUT2D eigenvalue weighted by Crippen LogP contribution is 2.44. The second-order valence-electron chi connectivity index (χ2n) is 8.62. The second kappa shape index (κ2) is 10.3. The number of nitrogens with zero attached hydrogens (tertiary/aromatic N) is 6. The molecule has 10 nitrogen and oxygen atoms in total. The zero-order valence-electron chi connectivity index (χ0n) is 20.4. The molecule has 1 fully saturated rings. The summed E-state index contributed by atoms with van der Waals surface area (Å²) >= 11 is 12.4. The molecule has 1 aliphatic rings. The van der Waals surface area contributed by atoms with Gasteiger partial charge in [-0.1, -0.05) is 17.7 Å². The number of halogens is 1. The van der Waals surface area contributed by atoms with E-state index in [2.05, 4.69) is 38.8 Å². The number of carbonyl (C=O) groups excluding carboxylic acids is 1. The van der Waals surface area contributed by atoms with Crippen LogP contribution in [-0.4, -0.2) is 49.3 Å². The molecule has 2 N–H and O–H groups in total. The van der Waals surface area contributed by atoms with Crippen LogP contribution in [0.15, 0.2) is 61.3 Å². The van der Waals surface area contributed by atoms with Gasteiger partial charge in [-0.2, -0.15) is 0 Å². The average Bonchev–Trinajstić information content (AvgIpc) is 3.59. The number of aromatic nitrogens is 5. The van der Waals surface area contributed by atoms with Crippen LogP contribution in [0.1, 0.15) is 34.7 Å². The number of carbonyl (C=O) groups is 1. The van der Waals surface area contributed by atoms with Crippen molar-refractivity contribution in [3.63, 3.8) is 0 Å². The molecule has 1 aliphatic heterocycles. The summed E-state index contributed by atoms with van der Waals surface area (Å²) in [5.74, 6) is -0.287. The van der Waals surface area contributed by atoms with Crippen molar-refractivity contribution in [2.45, 2.75) is 25.9 Å². The normalized spacial score (nSPS) is 17.2. The van der Waals surface area contributed by atoms with Crippen molar-refractivity contribution < 1.29 is 9.53 Å². The average molecular weight is 537 g/mol. The minimum Gasteiger partial charge on any atom is -0.375 e. The van der Waals surface area contributed by atoms with Gasteiger partial charge < -0.3 is 20.3 Å². The van der Waals surface area contributed by atoms with Crippen molar-refractivity contribution in [1.29, 1.82) is 0 Å². The SMILES string of the molecule is COCC(=O)Nc1ccc(N2C(=S)NC(c3ccccn3)C2c2cc(C)n(-n3cnnc3)c2C)cc1Cl. The Kier molecular flexibility index (Phi) is 6.92. The van der Waals surface area contributed by atoms with Gasteiger partial charge in [0.25, 0.3) is 0 Å². The van der Waals surface area contributed by atoms with Crippen LogP contribution in [0.4, 0.5) is 11.4 Å². The molecule has 1 saturated heterocycles. The van der Waals surface area contributed by atoms with E-state index in [1.54, 1.807) is 31.0 Å². The van der Waals surface area contributed by atoms with E-state index in [0.29, 0.717) is 15.8 Å². The van der Waals surface area contributed by atoms with Gasteiger partial charge in [-0.3, -0.25) is 14.5 Å². The van der Waals surface area contributed by atoms with Crippen molar-refractivity contribution in [2.24, 2.45) is 0 Å². The van der Waals surface area contributed by atoms with Crippen molar-refractivity contribution >= 4 is 46.2 Å². The first-order chi connectivity index (χ1) is 17.9. The van der Waals surface area contributed by atoms with Crippen LogP contribution in [0.25, 0.3) is 0 Å². The zero-order valence-corrected chi connectivity index (χ0v) is 22.0. The Bertz CT molecular complexity index is 1440. The number of anilines is 2. The highest BCUT2D eigenvalue weighted by molar-refractivity contribution is 7.80. The van der Waals surface area contributed by atoms with Crippen molar-refractivity contribution in [1.82, 2.24) is 29.9 Å². The molecule has 0 spiro atoms. The van der Waals surface area contributed by atoms with E-state index in [1.807, 2.05) is 45.4 Å². The summed E-state index contributed by atoms with van der Waals surface area (Å²) < 4.78 is 8.78. The fourth-order valence-corrected chi connectivity index (χ4v) is 5.32. The number of methoxy groups -OCH3 is 1. The van der Waals surface area contributed by atoms with E-state index < -0.39 is 0 Å². The fraction of sp³-hybridized carbons (Fsp3) is 0.240. The first kappa shape index (κ1) is 24.9. The molecule has 0 bridgehead atoms. The summed E-state index contributed by atoms with van der Waals surface area (Å²) in [5.41, 5.74) is 5.22. The summed E-state index contributed by atoms with van der Waals surface area (Å²) in [6.45, 7) is 4.03. The number of thiocarbonyl (C=S) groups is 1. The van der Waals surface area contributed by atoms with Crippen LogP contribution in [0.5, 0.6) is 0 Å². The third-order valence-electron chi connectivity index (χ3n) is 6.27. The molecule has 0 aliphatic carbocycles. The molecule has 2 unspecified atom stereocenters. The van der Waals surface area contributed by atoms with E-state index in [1.165, 1.54) is 7.11 Å². The molecular formula is C25H25ClN8O2S. The largest absolute Gasteiger partial charge is 0.375 e. The number of benzene rings is 1. The Hall–Kier alpha value is -3.80. The third-order valence-corrected chi connectivity index (χ3v) is 6.90. The van der Waals surface area contributed by atoms with Gasteiger partial charge >= 0.3 is 0 Å². The van der Waals surface area contributed by atoms with Crippen LogP contribution in [0, 0.1) is 13.8 Å². The molecule has 4 aromatic rings. The molecular weight excluding hydrogens is 512 g/mol. The van der Waals surface area contributed by atoms with Gasteiger partial charge in [0.1, 0.15) is 19.3 Å². The van der Waals surface area contributed by atoms with E-state index in [9.17, 15) is 4.79 Å². The number of aryl methyl sites for hydroxylation is 1. The quantitative estimate of drug-likeness (QED) is 0.344. The highest BCUT2D eigenvalue weighted by Gasteiger charge is 2.42. The standard InChI is InChI=1S/C25H25ClN8O2S/c1-15-10-18(16(2)34(15)32-13-28-29-14-32)24-23(21-6-4-5-9-27-21)31-25(37)33(24)17-7-8-20(19(26)11-17)30-22(35)12-36-3/h4-11,13-14,23-24H,12H2,1-3H3,(H,30,35)(H,31,37). The molecule has 4 heterocycles. The number of amides is 1. The Morgan fingerprint density at radius 1 is 1.19 bits per heavy atom. The topological polar surface area (TPSA) is 102 Å². The maximum absolute atomic E-state index is 12.0. The van der Waals surface area contributed by atoms with Crippen molar-refractivity contribution in [3.05, 3.63) is 89.0 Å². The molecule has 37 heavy (non-hydrogen) atoms. The Morgan fingerprint density at radius 2 is 1.97 bits per heavy atom. The minimum atomic E-state index is -0.287. The molecule has 5 rings (SSSR count). The predicted molar refractivity (Wildman–Crippen MR) is 145 cm³/mol. The predicted octanol–water partition coefficient (Wildman–Crippen LogP) is 3.82. The van der Waals surface area contributed by atoms with Crippen LogP contribution >= 0.6 is 23.8 Å². The van der Waals surface area contributed by atoms with E-state index in [-0.39, 0.29) is 24.6 Å². The summed E-state index contributed by atoms with van der Waals surface area (Å²) in [6, 6.07) is 13.0. The number of ether oxygens (including phenoxy) is 1. The van der Waals surface area contributed by atoms with Crippen LogP contribution in [0.3, 0.4) is 0 Å². The highest BCUT2D eigenvalue weighted by atomic mass is 35.5. The van der Waals surface area contributed by atoms with Gasteiger partial charge in [0, 0.05) is 35.9 Å². The van der Waals surface area contributed by atoms with Gasteiger partial charge in [0.2, 0.25) is 5.91 Å². The zero-order chi connectivity index (χ0) is 26.1. The van der Waals surface area contributed by atoms with Gasteiger partial charge in [-0.05, 0) is 62.5 Å².